The zero-order valence-corrected chi connectivity index (χ0v) is 45.8. The lowest BCUT2D eigenvalue weighted by molar-refractivity contribution is -0.620. The van der Waals surface area contributed by atoms with Gasteiger partial charge < -0.3 is 75.8 Å². The molecule has 0 aliphatic rings. The monoisotopic (exact) mass is 974 g/mol. The Bertz CT molecular complexity index is 1150. The molecule has 0 spiro atoms. The molecule has 0 aromatic heterocycles. The molecule has 17 heteroatoms. The van der Waals surface area contributed by atoms with Gasteiger partial charge in [0.15, 0.2) is 0 Å². The van der Waals surface area contributed by atoms with Gasteiger partial charge in [0.2, 0.25) is 5.79 Å². The Balaban J connectivity index is 10.2. The lowest BCUT2D eigenvalue weighted by atomic mass is 9.75. The van der Waals surface area contributed by atoms with Gasteiger partial charge in [0.05, 0.1) is 0 Å². The van der Waals surface area contributed by atoms with Crippen molar-refractivity contribution in [1.29, 1.82) is 0 Å². The first-order valence-corrected chi connectivity index (χ1v) is 26.3. The van der Waals surface area contributed by atoms with Gasteiger partial charge in [0.1, 0.15) is 0 Å². The lowest BCUT2D eigenvalue weighted by Gasteiger charge is -2.67. The van der Waals surface area contributed by atoms with E-state index in [1.807, 2.05) is 41.5 Å². The standard InChI is InChI=1S/C50H103NO16/c1-18-35-36-37-38-39-40-41-42-43(52-19-2,53-20-3)44(54-21-4,55-22-5)45(56-23-6,57-24-7)46(58-25-8,59-26-9)47(60-27-10,61-28-11)48(62-29-12,63-30-13)49(64-31-14,65-32-15)50(51,66-33-16)67-34-17/h18-42,51H2,1-17H3. The fraction of sp³-hybridized carbons (Fsp3) is 1.00. The van der Waals surface area contributed by atoms with Crippen molar-refractivity contribution in [3.05, 3.63) is 0 Å². The highest BCUT2D eigenvalue weighted by molar-refractivity contribution is 5.21. The predicted molar refractivity (Wildman–Crippen MR) is 259 cm³/mol. The van der Waals surface area contributed by atoms with Gasteiger partial charge in [-0.15, -0.1) is 0 Å². The van der Waals surface area contributed by atoms with Crippen LogP contribution in [-0.4, -0.2) is 152 Å². The van der Waals surface area contributed by atoms with E-state index in [1.54, 1.807) is 69.2 Å². The summed E-state index contributed by atoms with van der Waals surface area (Å²) in [6.45, 7) is 31.0. The number of hydrogen-bond acceptors (Lipinski definition) is 17. The van der Waals surface area contributed by atoms with Crippen LogP contribution in [0.25, 0.3) is 0 Å². The van der Waals surface area contributed by atoms with E-state index >= 15 is 0 Å². The zero-order valence-electron chi connectivity index (χ0n) is 45.8. The van der Waals surface area contributed by atoms with Crippen LogP contribution in [0.4, 0.5) is 0 Å². The van der Waals surface area contributed by atoms with E-state index in [9.17, 15) is 0 Å². The summed E-state index contributed by atoms with van der Waals surface area (Å²) in [6, 6.07) is 0. The molecule has 2 N–H and O–H groups in total. The third kappa shape index (κ3) is 13.9. The molecule has 0 unspecified atom stereocenters. The van der Waals surface area contributed by atoms with Crippen LogP contribution in [0.1, 0.15) is 175 Å². The minimum Gasteiger partial charge on any atom is -0.345 e. The number of nitrogens with two attached hydrogens (primary N) is 1. The molecule has 0 aromatic carbocycles. The largest absolute Gasteiger partial charge is 0.345 e. The quantitative estimate of drug-likeness (QED) is 0.0450. The van der Waals surface area contributed by atoms with E-state index in [0.29, 0.717) is 6.42 Å². The first-order chi connectivity index (χ1) is 32.3. The maximum atomic E-state index is 7.47. The summed E-state index contributed by atoms with van der Waals surface area (Å²) in [5.74, 6) is -19.2. The van der Waals surface area contributed by atoms with Crippen molar-refractivity contribution in [1.82, 2.24) is 0 Å². The van der Waals surface area contributed by atoms with Gasteiger partial charge in [-0.05, 0) is 117 Å². The van der Waals surface area contributed by atoms with Crippen molar-refractivity contribution in [3.8, 4) is 0 Å². The molecule has 0 amide bonds. The van der Waals surface area contributed by atoms with Gasteiger partial charge in [-0.1, -0.05) is 51.9 Å². The van der Waals surface area contributed by atoms with Crippen molar-refractivity contribution in [2.45, 2.75) is 222 Å². The van der Waals surface area contributed by atoms with Crippen molar-refractivity contribution >= 4 is 0 Å². The van der Waals surface area contributed by atoms with E-state index in [2.05, 4.69) is 6.92 Å². The molecule has 0 aliphatic carbocycles. The molecule has 404 valence electrons. The van der Waals surface area contributed by atoms with Crippen molar-refractivity contribution in [2.24, 2.45) is 5.73 Å². The summed E-state index contributed by atoms with van der Waals surface area (Å²) < 4.78 is 114. The highest BCUT2D eigenvalue weighted by atomic mass is 16.9. The maximum absolute atomic E-state index is 7.47. The second-order valence-electron chi connectivity index (χ2n) is 15.3. The Hall–Kier alpha value is -0.680. The summed E-state index contributed by atoms with van der Waals surface area (Å²) in [7, 11) is 0. The number of rotatable bonds is 48. The van der Waals surface area contributed by atoms with Crippen molar-refractivity contribution < 1.29 is 75.8 Å². The van der Waals surface area contributed by atoms with Crippen LogP contribution in [-0.2, 0) is 75.8 Å². The van der Waals surface area contributed by atoms with Gasteiger partial charge in [-0.3, -0.25) is 5.73 Å². The molecule has 0 radical (unpaired) electrons. The van der Waals surface area contributed by atoms with Crippen LogP contribution in [0, 0.1) is 0 Å². The first-order valence-electron chi connectivity index (χ1n) is 26.3. The van der Waals surface area contributed by atoms with Gasteiger partial charge in [0.25, 0.3) is 34.8 Å². The van der Waals surface area contributed by atoms with Crippen LogP contribution in [0.15, 0.2) is 0 Å². The van der Waals surface area contributed by atoms with E-state index in [1.165, 1.54) is 25.7 Å². The van der Waals surface area contributed by atoms with Crippen LogP contribution in [0.3, 0.4) is 0 Å². The minimum atomic E-state index is -2.64. The lowest BCUT2D eigenvalue weighted by Crippen LogP contribution is -2.93. The van der Waals surface area contributed by atoms with E-state index in [4.69, 9.17) is 81.5 Å². The summed E-state index contributed by atoms with van der Waals surface area (Å²) >= 11 is 0. The topological polar surface area (TPSA) is 174 Å². The number of hydrogen-bond donors (Lipinski definition) is 1. The second-order valence-corrected chi connectivity index (χ2v) is 15.3. The van der Waals surface area contributed by atoms with Gasteiger partial charge in [-0.25, -0.2) is 0 Å². The maximum Gasteiger partial charge on any atom is 0.301 e. The first kappa shape index (κ1) is 66.3. The molecule has 0 saturated carbocycles. The molecule has 0 aliphatic heterocycles. The Morgan fingerprint density at radius 2 is 0.433 bits per heavy atom. The summed E-state index contributed by atoms with van der Waals surface area (Å²) in [6.07, 6.45) is 8.69. The van der Waals surface area contributed by atoms with Gasteiger partial charge in [-0.2, -0.15) is 0 Å². The average Bonchev–Trinajstić information content (AvgIpc) is 3.29. The molecule has 0 heterocycles. The Morgan fingerprint density at radius 1 is 0.224 bits per heavy atom. The van der Waals surface area contributed by atoms with E-state index in [0.717, 1.165) is 19.3 Å². The van der Waals surface area contributed by atoms with Crippen LogP contribution in [0.2, 0.25) is 0 Å². The Kier molecular flexibility index (Phi) is 34.3. The SMILES string of the molecule is CCCCCCCCCCC(OCC)(OCC)C(OCC)(OCC)C(OCC)(OCC)C(OCC)(OCC)C(OCC)(OCC)C(OCC)(OCC)C(OCC)(OCC)C(N)(OCC)OCC. The van der Waals surface area contributed by atoms with E-state index in [-0.39, 0.29) is 112 Å². The third-order valence-electron chi connectivity index (χ3n) is 11.1. The van der Waals surface area contributed by atoms with Crippen molar-refractivity contribution in [3.63, 3.8) is 0 Å². The fourth-order valence-electron chi connectivity index (χ4n) is 9.52. The minimum absolute atomic E-state index is 0.0358. The molecule has 0 fully saturated rings. The Morgan fingerprint density at radius 3 is 0.701 bits per heavy atom. The average molecular weight is 974 g/mol. The molecule has 0 saturated heterocycles. The fourth-order valence-corrected chi connectivity index (χ4v) is 9.52. The molecular formula is C50H103NO16. The van der Waals surface area contributed by atoms with Gasteiger partial charge in [0, 0.05) is 112 Å². The molecule has 67 heavy (non-hydrogen) atoms. The van der Waals surface area contributed by atoms with Gasteiger partial charge >= 0.3 is 5.79 Å². The van der Waals surface area contributed by atoms with Crippen molar-refractivity contribution in [2.75, 3.05) is 106 Å². The smallest absolute Gasteiger partial charge is 0.301 e. The molecule has 0 aromatic rings. The number of unbranched alkanes of at least 4 members (excludes halogenated alkanes) is 7. The van der Waals surface area contributed by atoms with Crippen LogP contribution < -0.4 is 5.73 Å². The highest BCUT2D eigenvalue weighted by Gasteiger charge is 2.92. The highest BCUT2D eigenvalue weighted by Crippen LogP contribution is 2.62. The molecule has 0 rings (SSSR count). The summed E-state index contributed by atoms with van der Waals surface area (Å²) in [4.78, 5) is 0. The third-order valence-corrected chi connectivity index (χ3v) is 11.1. The summed E-state index contributed by atoms with van der Waals surface area (Å²) in [5, 5.41) is 0. The van der Waals surface area contributed by atoms with Crippen LogP contribution >= 0.6 is 0 Å². The zero-order chi connectivity index (χ0) is 51.0. The van der Waals surface area contributed by atoms with Crippen LogP contribution in [0.5, 0.6) is 0 Å². The summed E-state index contributed by atoms with van der Waals surface area (Å²) in [5.41, 5.74) is 7.47. The molecular weight excluding hydrogens is 871 g/mol. The van der Waals surface area contributed by atoms with E-state index < -0.39 is 46.4 Å². The Labute approximate surface area is 408 Å². The molecule has 0 atom stereocenters. The second kappa shape index (κ2) is 34.6. The normalized spacial score (nSPS) is 13.9. The molecule has 17 nitrogen and oxygen atoms in total. The predicted octanol–water partition coefficient (Wildman–Crippen LogP) is 9.59. The molecule has 0 bridgehead atoms. The number of ether oxygens (including phenoxy) is 16.